The van der Waals surface area contributed by atoms with Gasteiger partial charge in [0, 0.05) is 0 Å². The van der Waals surface area contributed by atoms with Gasteiger partial charge in [0.25, 0.3) is 0 Å². The van der Waals surface area contributed by atoms with Crippen molar-refractivity contribution in [3.63, 3.8) is 0 Å². The van der Waals surface area contributed by atoms with Crippen LogP contribution in [0.3, 0.4) is 0 Å². The number of rotatable bonds is 3. The van der Waals surface area contributed by atoms with Crippen molar-refractivity contribution in [2.75, 3.05) is 0 Å². The molecular weight excluding hydrogens is 250 g/mol. The summed E-state index contributed by atoms with van der Waals surface area (Å²) in [6, 6.07) is 14.3. The van der Waals surface area contributed by atoms with E-state index in [1.54, 1.807) is 18.2 Å². The second-order valence-corrected chi connectivity index (χ2v) is 4.71. The van der Waals surface area contributed by atoms with Gasteiger partial charge in [-0.15, -0.1) is 5.98 Å². The molecule has 0 fully saturated rings. The van der Waals surface area contributed by atoms with Crippen molar-refractivity contribution in [2.24, 2.45) is 0 Å². The normalized spacial score (nSPS) is 12.9. The van der Waals surface area contributed by atoms with Gasteiger partial charge in [0.1, 0.15) is 5.82 Å². The Hall–Kier alpha value is -2.42. The Bertz CT molecular complexity index is 717. The van der Waals surface area contributed by atoms with Crippen LogP contribution < -0.4 is 0 Å². The lowest BCUT2D eigenvalue weighted by molar-refractivity contribution is 0.103. The van der Waals surface area contributed by atoms with E-state index < -0.39 is 5.82 Å². The third-order valence-corrected chi connectivity index (χ3v) is 3.38. The van der Waals surface area contributed by atoms with E-state index in [2.05, 4.69) is 0 Å². The number of benzene rings is 2. The van der Waals surface area contributed by atoms with E-state index in [0.717, 1.165) is 11.1 Å². The molecule has 0 unspecified atom stereocenters. The fraction of sp³-hybridized carbons (Fsp3) is 0. The van der Waals surface area contributed by atoms with Gasteiger partial charge in [-0.05, 0) is 28.7 Å². The van der Waals surface area contributed by atoms with Crippen LogP contribution in [0.15, 0.2) is 72.1 Å². The molecule has 20 heavy (non-hydrogen) atoms. The molecule has 1 aliphatic heterocycles. The smallest absolute Gasteiger partial charge is 0.188 e. The van der Waals surface area contributed by atoms with Gasteiger partial charge in [-0.1, -0.05) is 48.6 Å². The molecule has 0 saturated carbocycles. The Labute approximate surface area is 117 Å². The molecule has 96 valence electrons. The summed E-state index contributed by atoms with van der Waals surface area (Å²) >= 11 is 0. The summed E-state index contributed by atoms with van der Waals surface area (Å²) in [5.74, 6) is 1.19. The molecule has 2 aromatic carbocycles. The minimum Gasteiger partial charge on any atom is -0.290 e. The number of allylic oxidation sites excluding steroid dienone is 3. The van der Waals surface area contributed by atoms with Gasteiger partial charge in [0.15, 0.2) is 13.1 Å². The maximum Gasteiger partial charge on any atom is 0.188 e. The van der Waals surface area contributed by atoms with Gasteiger partial charge in [-0.2, -0.15) is 0 Å². The fourth-order valence-electron chi connectivity index (χ4n) is 2.30. The molecular formula is C17H12BFO. The topological polar surface area (TPSA) is 17.1 Å². The van der Waals surface area contributed by atoms with E-state index in [0.29, 0.717) is 12.8 Å². The Morgan fingerprint density at radius 3 is 2.45 bits per heavy atom. The predicted octanol–water partition coefficient (Wildman–Crippen LogP) is 3.52. The third kappa shape index (κ3) is 2.35. The van der Waals surface area contributed by atoms with Crippen molar-refractivity contribution in [3.05, 3.63) is 83.5 Å². The lowest BCUT2D eigenvalue weighted by Crippen LogP contribution is -2.08. The van der Waals surface area contributed by atoms with Crippen molar-refractivity contribution in [1.82, 2.24) is 0 Å². The highest BCUT2D eigenvalue weighted by molar-refractivity contribution is 6.61. The molecule has 0 bridgehead atoms. The molecule has 3 rings (SSSR count). The van der Waals surface area contributed by atoms with Gasteiger partial charge >= 0.3 is 0 Å². The molecule has 0 amide bonds. The van der Waals surface area contributed by atoms with Crippen LogP contribution in [-0.4, -0.2) is 13.1 Å². The molecule has 2 aromatic rings. The Kier molecular flexibility index (Phi) is 3.34. The van der Waals surface area contributed by atoms with Crippen LogP contribution in [-0.2, 0) is 0 Å². The molecule has 3 heteroatoms. The number of ketones is 1. The quantitative estimate of drug-likeness (QED) is 0.611. The maximum absolute atomic E-state index is 14.2. The monoisotopic (exact) mass is 262 g/mol. The van der Waals surface area contributed by atoms with Crippen LogP contribution in [0, 0.1) is 5.82 Å². The molecule has 1 heterocycles. The SMILES string of the molecule is O=C(C1=CC=CB1)c1ccc(-c2ccccc2)cc1F. The van der Waals surface area contributed by atoms with Crippen LogP contribution in [0.4, 0.5) is 4.39 Å². The summed E-state index contributed by atoms with van der Waals surface area (Å²) in [5.41, 5.74) is 2.49. The molecule has 0 aromatic heterocycles. The minimum absolute atomic E-state index is 0.139. The van der Waals surface area contributed by atoms with E-state index in [9.17, 15) is 9.18 Å². The predicted molar refractivity (Wildman–Crippen MR) is 80.5 cm³/mol. The first kappa shape index (κ1) is 12.6. The summed E-state index contributed by atoms with van der Waals surface area (Å²) in [5, 5.41) is 0. The van der Waals surface area contributed by atoms with Crippen molar-refractivity contribution >= 4 is 13.1 Å². The van der Waals surface area contributed by atoms with Gasteiger partial charge < -0.3 is 0 Å². The zero-order valence-electron chi connectivity index (χ0n) is 10.8. The zero-order valence-corrected chi connectivity index (χ0v) is 10.8. The summed E-state index contributed by atoms with van der Waals surface area (Å²) in [6.07, 6.45) is 3.57. The summed E-state index contributed by atoms with van der Waals surface area (Å²) in [4.78, 5) is 12.2. The fourth-order valence-corrected chi connectivity index (χ4v) is 2.30. The highest BCUT2D eigenvalue weighted by Gasteiger charge is 2.17. The Balaban J connectivity index is 1.94. The average molecular weight is 262 g/mol. The molecule has 0 radical (unpaired) electrons. The first-order valence-electron chi connectivity index (χ1n) is 6.51. The standard InChI is InChI=1S/C17H12BFO/c19-16-11-13(12-5-2-1-3-6-12)8-9-14(16)17(20)15-7-4-10-18-15/h1-11,18H. The number of hydrogen-bond donors (Lipinski definition) is 0. The van der Waals surface area contributed by atoms with E-state index in [1.807, 2.05) is 42.4 Å². The highest BCUT2D eigenvalue weighted by atomic mass is 19.1. The van der Waals surface area contributed by atoms with E-state index >= 15 is 0 Å². The number of Topliss-reactive ketones (excluding diaryl/α,β-unsaturated/α-hetero) is 1. The van der Waals surface area contributed by atoms with Crippen LogP contribution in [0.5, 0.6) is 0 Å². The second kappa shape index (κ2) is 5.29. The van der Waals surface area contributed by atoms with Crippen molar-refractivity contribution in [1.29, 1.82) is 0 Å². The zero-order chi connectivity index (χ0) is 13.9. The number of halogens is 1. The molecule has 0 aliphatic carbocycles. The van der Waals surface area contributed by atoms with Crippen molar-refractivity contribution in [3.8, 4) is 11.1 Å². The lowest BCUT2D eigenvalue weighted by Gasteiger charge is -2.06. The van der Waals surface area contributed by atoms with Crippen LogP contribution in [0.1, 0.15) is 10.4 Å². The molecule has 0 saturated heterocycles. The largest absolute Gasteiger partial charge is 0.290 e. The molecule has 1 nitrogen and oxygen atoms in total. The Morgan fingerprint density at radius 2 is 1.80 bits per heavy atom. The van der Waals surface area contributed by atoms with Crippen molar-refractivity contribution in [2.45, 2.75) is 0 Å². The van der Waals surface area contributed by atoms with E-state index in [1.165, 1.54) is 6.07 Å². The molecule has 0 N–H and O–H groups in total. The van der Waals surface area contributed by atoms with Crippen LogP contribution in [0.25, 0.3) is 11.1 Å². The molecule has 1 aliphatic rings. The van der Waals surface area contributed by atoms with Crippen molar-refractivity contribution < 1.29 is 9.18 Å². The molecule has 0 atom stereocenters. The van der Waals surface area contributed by atoms with E-state index in [-0.39, 0.29) is 11.3 Å². The average Bonchev–Trinajstić information content (AvgIpc) is 3.01. The first-order valence-corrected chi connectivity index (χ1v) is 6.51. The summed E-state index contributed by atoms with van der Waals surface area (Å²) < 4.78 is 14.2. The van der Waals surface area contributed by atoms with Gasteiger partial charge in [0.2, 0.25) is 0 Å². The maximum atomic E-state index is 14.2. The summed E-state index contributed by atoms with van der Waals surface area (Å²) in [7, 11) is 0.582. The number of hydrogen-bond acceptors (Lipinski definition) is 1. The highest BCUT2D eigenvalue weighted by Crippen LogP contribution is 2.23. The number of carbonyl (C=O) groups is 1. The first-order chi connectivity index (χ1) is 9.75. The van der Waals surface area contributed by atoms with Gasteiger partial charge in [-0.3, -0.25) is 4.79 Å². The van der Waals surface area contributed by atoms with E-state index in [4.69, 9.17) is 0 Å². The molecule has 0 spiro atoms. The second-order valence-electron chi connectivity index (χ2n) is 4.71. The Morgan fingerprint density at radius 1 is 1.00 bits per heavy atom. The number of carbonyl (C=O) groups excluding carboxylic acids is 1. The summed E-state index contributed by atoms with van der Waals surface area (Å²) in [6.45, 7) is 0. The van der Waals surface area contributed by atoms with Crippen LogP contribution >= 0.6 is 0 Å². The van der Waals surface area contributed by atoms with Gasteiger partial charge in [-0.25, -0.2) is 4.39 Å². The third-order valence-electron chi connectivity index (χ3n) is 3.38. The lowest BCUT2D eigenvalue weighted by atomic mass is 9.70. The van der Waals surface area contributed by atoms with Crippen LogP contribution in [0.2, 0.25) is 0 Å². The minimum atomic E-state index is -0.468. The van der Waals surface area contributed by atoms with Gasteiger partial charge in [0.05, 0.1) is 5.56 Å².